The van der Waals surface area contributed by atoms with E-state index in [-0.39, 0.29) is 20.5 Å². The first-order chi connectivity index (χ1) is 15.9. The van der Waals surface area contributed by atoms with Crippen molar-refractivity contribution in [1.29, 1.82) is 0 Å². The molecule has 186 valence electrons. The third kappa shape index (κ3) is 4.21. The zero-order chi connectivity index (χ0) is 24.5. The van der Waals surface area contributed by atoms with Crippen LogP contribution in [-0.2, 0) is 10.8 Å². The van der Waals surface area contributed by atoms with Crippen LogP contribution < -0.4 is 0 Å². The minimum absolute atomic E-state index is 0.120. The third-order valence-electron chi connectivity index (χ3n) is 9.77. The number of benzene rings is 1. The van der Waals surface area contributed by atoms with E-state index in [0.29, 0.717) is 5.54 Å². The second-order valence-corrected chi connectivity index (χ2v) is 16.6. The molecule has 0 N–H and O–H groups in total. The van der Waals surface area contributed by atoms with Gasteiger partial charge in [0.25, 0.3) is 0 Å². The average Bonchev–Trinajstić information content (AvgIpc) is 3.26. The molecule has 0 saturated heterocycles. The lowest BCUT2D eigenvalue weighted by Gasteiger charge is -2.45. The highest BCUT2D eigenvalue weighted by Crippen LogP contribution is 2.57. The maximum atomic E-state index is 3.06. The van der Waals surface area contributed by atoms with Crippen molar-refractivity contribution in [3.05, 3.63) is 52.6 Å². The van der Waals surface area contributed by atoms with E-state index >= 15 is 0 Å². The predicted octanol–water partition coefficient (Wildman–Crippen LogP) is 7.93. The van der Waals surface area contributed by atoms with Gasteiger partial charge < -0.3 is 4.57 Å². The highest BCUT2D eigenvalue weighted by molar-refractivity contribution is 6.35. The van der Waals surface area contributed by atoms with Gasteiger partial charge in [0.1, 0.15) is 0 Å². The summed E-state index contributed by atoms with van der Waals surface area (Å²) in [6.07, 6.45) is 15.6. The van der Waals surface area contributed by atoms with E-state index in [1.165, 1.54) is 56.1 Å². The van der Waals surface area contributed by atoms with Crippen LogP contribution in [0.15, 0.2) is 35.9 Å². The van der Waals surface area contributed by atoms with Crippen LogP contribution in [-0.4, -0.2) is 25.8 Å². The number of hydrogen-bond acceptors (Lipinski definition) is 1. The fourth-order valence-corrected chi connectivity index (χ4v) is 10.6. The van der Waals surface area contributed by atoms with Crippen LogP contribution in [0.5, 0.6) is 0 Å². The lowest BCUT2D eigenvalue weighted by Crippen LogP contribution is -2.52. The van der Waals surface area contributed by atoms with Gasteiger partial charge in [-0.1, -0.05) is 90.7 Å². The Balaban J connectivity index is 1.45. The molecule has 0 aliphatic heterocycles. The Morgan fingerprint density at radius 2 is 1.59 bits per heavy atom. The van der Waals surface area contributed by atoms with Gasteiger partial charge in [0, 0.05) is 17.0 Å². The molecule has 34 heavy (non-hydrogen) atoms. The van der Waals surface area contributed by atoms with Gasteiger partial charge in [-0.15, -0.1) is 0 Å². The monoisotopic (exact) mass is 475 g/mol. The fraction of sp³-hybridized carbons (Fsp3) is 0.688. The fourth-order valence-electron chi connectivity index (χ4n) is 7.70. The maximum Gasteiger partial charge on any atom is 0.0997 e. The molecule has 0 radical (unpaired) electrons. The SMILES string of the molecule is CC(C)(C)c1ccc2c(c1)C(C)(C)C1=CC3C(C=C12)CCC3[SiH2]N(C1CCCCC1)C(C)(C)C. The Hall–Kier alpha value is -1.12. The highest BCUT2D eigenvalue weighted by Gasteiger charge is 2.46. The van der Waals surface area contributed by atoms with Crippen LogP contribution in [0.1, 0.15) is 117 Å². The Kier molecular flexibility index (Phi) is 6.12. The van der Waals surface area contributed by atoms with Crippen molar-refractivity contribution in [2.24, 2.45) is 11.8 Å². The summed E-state index contributed by atoms with van der Waals surface area (Å²) in [6, 6.07) is 8.21. The Morgan fingerprint density at radius 3 is 2.24 bits per heavy atom. The summed E-state index contributed by atoms with van der Waals surface area (Å²) in [5, 5.41) is 0. The normalized spacial score (nSPS) is 29.3. The molecule has 4 aliphatic carbocycles. The molecule has 2 saturated carbocycles. The van der Waals surface area contributed by atoms with Crippen molar-refractivity contribution in [2.45, 2.75) is 128 Å². The van der Waals surface area contributed by atoms with Crippen LogP contribution >= 0.6 is 0 Å². The summed E-state index contributed by atoms with van der Waals surface area (Å²) in [6.45, 7) is 19.5. The molecular formula is C32H49NSi. The summed E-state index contributed by atoms with van der Waals surface area (Å²) >= 11 is 0. The number of nitrogens with zero attached hydrogens (tertiary/aromatic N) is 1. The molecular weight excluding hydrogens is 426 g/mol. The number of hydrogen-bond donors (Lipinski definition) is 0. The molecule has 1 aromatic rings. The molecule has 2 fully saturated rings. The number of fused-ring (bicyclic) bond motifs is 4. The molecule has 0 amide bonds. The molecule has 4 aliphatic rings. The zero-order valence-electron chi connectivity index (χ0n) is 23.3. The van der Waals surface area contributed by atoms with Crippen LogP contribution in [0, 0.1) is 11.8 Å². The molecule has 3 unspecified atom stereocenters. The van der Waals surface area contributed by atoms with Gasteiger partial charge in [0.2, 0.25) is 0 Å². The van der Waals surface area contributed by atoms with Crippen LogP contribution in [0.2, 0.25) is 5.54 Å². The van der Waals surface area contributed by atoms with Crippen molar-refractivity contribution in [3.63, 3.8) is 0 Å². The Bertz CT molecular complexity index is 993. The molecule has 0 aromatic heterocycles. The standard InChI is InChI=1S/C32H49NSi/c1-30(2,3)22-15-16-24-26-18-21-14-17-29(25(21)20-28(26)32(7,8)27(24)19-22)34-33(31(4,5)6)23-12-10-9-11-13-23/h15-16,18-21,23,25,29H,9-14,17,34H2,1-8H3. The van der Waals surface area contributed by atoms with E-state index in [4.69, 9.17) is 0 Å². The van der Waals surface area contributed by atoms with E-state index in [9.17, 15) is 0 Å². The minimum Gasteiger partial charge on any atom is -0.322 e. The van der Waals surface area contributed by atoms with Crippen molar-refractivity contribution in [1.82, 2.24) is 4.57 Å². The molecule has 0 heterocycles. The molecule has 0 spiro atoms. The van der Waals surface area contributed by atoms with Crippen molar-refractivity contribution in [3.8, 4) is 0 Å². The van der Waals surface area contributed by atoms with Gasteiger partial charge >= 0.3 is 0 Å². The van der Waals surface area contributed by atoms with Gasteiger partial charge in [-0.3, -0.25) is 0 Å². The lowest BCUT2D eigenvalue weighted by molar-refractivity contribution is 0.152. The Labute approximate surface area is 212 Å². The van der Waals surface area contributed by atoms with Gasteiger partial charge in [-0.05, 0) is 90.7 Å². The topological polar surface area (TPSA) is 3.24 Å². The first-order valence-electron chi connectivity index (χ1n) is 14.2. The average molecular weight is 476 g/mol. The molecule has 5 rings (SSSR count). The van der Waals surface area contributed by atoms with Gasteiger partial charge in [-0.25, -0.2) is 0 Å². The first-order valence-corrected chi connectivity index (χ1v) is 15.7. The van der Waals surface area contributed by atoms with Gasteiger partial charge in [-0.2, -0.15) is 0 Å². The summed E-state index contributed by atoms with van der Waals surface area (Å²) in [5.74, 6) is 1.53. The molecule has 2 heteroatoms. The second kappa shape index (κ2) is 8.48. The van der Waals surface area contributed by atoms with Gasteiger partial charge in [0.05, 0.1) is 9.68 Å². The summed E-state index contributed by atoms with van der Waals surface area (Å²) in [4.78, 5) is 0. The quantitative estimate of drug-likeness (QED) is 0.401. The van der Waals surface area contributed by atoms with E-state index in [1.807, 2.05) is 0 Å². The first kappa shape index (κ1) is 24.6. The number of allylic oxidation sites excluding steroid dienone is 4. The highest BCUT2D eigenvalue weighted by atomic mass is 28.2. The van der Waals surface area contributed by atoms with Crippen molar-refractivity contribution in [2.75, 3.05) is 0 Å². The summed E-state index contributed by atoms with van der Waals surface area (Å²) < 4.78 is 3.06. The molecule has 0 bridgehead atoms. The van der Waals surface area contributed by atoms with Crippen molar-refractivity contribution < 1.29 is 0 Å². The largest absolute Gasteiger partial charge is 0.322 e. The summed E-state index contributed by atoms with van der Waals surface area (Å²) in [5.41, 5.74) is 9.33. The van der Waals surface area contributed by atoms with E-state index < -0.39 is 0 Å². The smallest absolute Gasteiger partial charge is 0.0997 e. The van der Waals surface area contributed by atoms with Crippen LogP contribution in [0.3, 0.4) is 0 Å². The maximum absolute atomic E-state index is 3.06. The summed E-state index contributed by atoms with van der Waals surface area (Å²) in [7, 11) is -0.307. The van der Waals surface area contributed by atoms with Gasteiger partial charge in [0.15, 0.2) is 0 Å². The van der Waals surface area contributed by atoms with E-state index in [0.717, 1.165) is 23.4 Å². The van der Waals surface area contributed by atoms with Crippen LogP contribution in [0.25, 0.3) is 5.57 Å². The predicted molar refractivity (Wildman–Crippen MR) is 151 cm³/mol. The molecule has 1 aromatic carbocycles. The van der Waals surface area contributed by atoms with E-state index in [1.54, 1.807) is 16.7 Å². The zero-order valence-corrected chi connectivity index (χ0v) is 24.7. The van der Waals surface area contributed by atoms with Crippen LogP contribution in [0.4, 0.5) is 0 Å². The Morgan fingerprint density at radius 1 is 0.882 bits per heavy atom. The van der Waals surface area contributed by atoms with Crippen molar-refractivity contribution >= 4 is 15.3 Å². The second-order valence-electron chi connectivity index (χ2n) is 14.5. The third-order valence-corrected chi connectivity index (χ3v) is 13.1. The lowest BCUT2D eigenvalue weighted by atomic mass is 9.75. The number of rotatable bonds is 3. The molecule has 3 atom stereocenters. The molecule has 1 nitrogen and oxygen atoms in total. The van der Waals surface area contributed by atoms with E-state index in [2.05, 4.69) is 90.3 Å². The minimum atomic E-state index is -0.307.